The van der Waals surface area contributed by atoms with Crippen LogP contribution in [0.2, 0.25) is 0 Å². The van der Waals surface area contributed by atoms with Crippen molar-refractivity contribution in [2.45, 2.75) is 25.7 Å². The van der Waals surface area contributed by atoms with Crippen molar-refractivity contribution in [3.8, 4) is 0 Å². The van der Waals surface area contributed by atoms with Crippen molar-refractivity contribution in [2.24, 2.45) is 0 Å². The fourth-order valence-electron chi connectivity index (χ4n) is 1.70. The van der Waals surface area contributed by atoms with Crippen molar-refractivity contribution in [1.29, 1.82) is 0 Å². The molecular formula is C13H17N3O3. The highest BCUT2D eigenvalue weighted by atomic mass is 16.6. The largest absolute Gasteiger partial charge is 0.396 e. The Kier molecular flexibility index (Phi) is 6.33. The molecule has 0 aliphatic heterocycles. The zero-order chi connectivity index (χ0) is 14.1. The zero-order valence-electron chi connectivity index (χ0n) is 10.6. The molecule has 2 N–H and O–H groups in total. The fraction of sp³-hybridized carbons (Fsp3) is 0.462. The van der Waals surface area contributed by atoms with Crippen LogP contribution in [0.1, 0.15) is 25.7 Å². The summed E-state index contributed by atoms with van der Waals surface area (Å²) in [7, 11) is 0. The van der Waals surface area contributed by atoms with Gasteiger partial charge in [0.25, 0.3) is 5.69 Å². The summed E-state index contributed by atoms with van der Waals surface area (Å²) in [4.78, 5) is 13.6. The molecule has 0 fully saturated rings. The number of hydrogen-bond acceptors (Lipinski definition) is 4. The van der Waals surface area contributed by atoms with E-state index in [1.54, 1.807) is 12.1 Å². The maximum Gasteiger partial charge on any atom is 0.282 e. The van der Waals surface area contributed by atoms with Crippen LogP contribution in [0.25, 0.3) is 4.85 Å². The van der Waals surface area contributed by atoms with E-state index in [4.69, 9.17) is 11.7 Å². The van der Waals surface area contributed by atoms with E-state index >= 15 is 0 Å². The van der Waals surface area contributed by atoms with Gasteiger partial charge in [0, 0.05) is 19.2 Å². The summed E-state index contributed by atoms with van der Waals surface area (Å²) in [6, 6.07) is 4.41. The molecule has 0 bridgehead atoms. The van der Waals surface area contributed by atoms with Gasteiger partial charge in [0.05, 0.1) is 11.5 Å². The molecule has 0 heterocycles. The molecule has 6 nitrogen and oxygen atoms in total. The molecule has 19 heavy (non-hydrogen) atoms. The summed E-state index contributed by atoms with van der Waals surface area (Å²) in [5.74, 6) is 0. The lowest BCUT2D eigenvalue weighted by molar-refractivity contribution is -0.383. The molecule has 0 spiro atoms. The minimum Gasteiger partial charge on any atom is -0.396 e. The Morgan fingerprint density at radius 2 is 2.05 bits per heavy atom. The number of aliphatic hydroxyl groups is 1. The van der Waals surface area contributed by atoms with E-state index in [2.05, 4.69) is 10.2 Å². The van der Waals surface area contributed by atoms with Crippen LogP contribution in [-0.4, -0.2) is 23.2 Å². The van der Waals surface area contributed by atoms with Crippen LogP contribution < -0.4 is 5.32 Å². The van der Waals surface area contributed by atoms with Gasteiger partial charge in [0.2, 0.25) is 0 Å². The molecule has 0 aliphatic rings. The molecule has 102 valence electrons. The third-order valence-electron chi connectivity index (χ3n) is 2.71. The topological polar surface area (TPSA) is 79.8 Å². The number of aliphatic hydroxyl groups excluding tert-OH is 1. The summed E-state index contributed by atoms with van der Waals surface area (Å²) in [5, 5.41) is 22.5. The molecular weight excluding hydrogens is 246 g/mol. The molecule has 0 amide bonds. The molecule has 0 atom stereocenters. The molecule has 0 aromatic heterocycles. The fourth-order valence-corrected chi connectivity index (χ4v) is 1.70. The average Bonchev–Trinajstić information content (AvgIpc) is 2.42. The smallest absolute Gasteiger partial charge is 0.282 e. The lowest BCUT2D eigenvalue weighted by Crippen LogP contribution is -2.04. The van der Waals surface area contributed by atoms with Gasteiger partial charge >= 0.3 is 0 Å². The molecule has 6 heteroatoms. The van der Waals surface area contributed by atoms with E-state index in [0.717, 1.165) is 25.7 Å². The van der Waals surface area contributed by atoms with Gasteiger partial charge < -0.3 is 10.4 Å². The van der Waals surface area contributed by atoms with Gasteiger partial charge in [0.15, 0.2) is 5.69 Å². The van der Waals surface area contributed by atoms with E-state index in [9.17, 15) is 10.1 Å². The first-order valence-corrected chi connectivity index (χ1v) is 6.19. The van der Waals surface area contributed by atoms with Crippen LogP contribution in [-0.2, 0) is 0 Å². The Hall–Kier alpha value is -2.13. The SMILES string of the molecule is [C-]#[N+]c1ccc(NCCCCCCO)c([N+](=O)[O-])c1. The number of nitro benzene ring substituents is 1. The van der Waals surface area contributed by atoms with Gasteiger partial charge in [-0.1, -0.05) is 18.9 Å². The van der Waals surface area contributed by atoms with Gasteiger partial charge in [-0.15, -0.1) is 0 Å². The highest BCUT2D eigenvalue weighted by Gasteiger charge is 2.13. The van der Waals surface area contributed by atoms with Gasteiger partial charge in [0.1, 0.15) is 5.69 Å². The first-order valence-electron chi connectivity index (χ1n) is 6.19. The maximum atomic E-state index is 10.9. The summed E-state index contributed by atoms with van der Waals surface area (Å²) in [6.45, 7) is 7.69. The van der Waals surface area contributed by atoms with Crippen LogP contribution in [0, 0.1) is 16.7 Å². The molecule has 0 unspecified atom stereocenters. The lowest BCUT2D eigenvalue weighted by atomic mass is 10.2. The second kappa shape index (κ2) is 8.06. The van der Waals surface area contributed by atoms with Crippen LogP contribution in [0.3, 0.4) is 0 Å². The predicted octanol–water partition coefficient (Wildman–Crippen LogP) is 3.11. The van der Waals surface area contributed by atoms with E-state index in [1.165, 1.54) is 6.07 Å². The molecule has 0 saturated heterocycles. The molecule has 0 saturated carbocycles. The Bertz CT molecular complexity index is 469. The van der Waals surface area contributed by atoms with E-state index in [-0.39, 0.29) is 18.0 Å². The van der Waals surface area contributed by atoms with Crippen molar-refractivity contribution >= 4 is 17.1 Å². The van der Waals surface area contributed by atoms with Crippen molar-refractivity contribution in [3.05, 3.63) is 39.7 Å². The maximum absolute atomic E-state index is 10.9. The van der Waals surface area contributed by atoms with E-state index in [1.807, 2.05) is 0 Å². The summed E-state index contributed by atoms with van der Waals surface area (Å²) in [5.41, 5.74) is 0.642. The molecule has 1 aromatic rings. The molecule has 1 aromatic carbocycles. The van der Waals surface area contributed by atoms with E-state index < -0.39 is 4.92 Å². The van der Waals surface area contributed by atoms with Crippen LogP contribution in [0.4, 0.5) is 17.1 Å². The van der Waals surface area contributed by atoms with Crippen LogP contribution in [0.5, 0.6) is 0 Å². The molecule has 0 radical (unpaired) electrons. The Morgan fingerprint density at radius 1 is 1.32 bits per heavy atom. The minimum atomic E-state index is -0.483. The normalized spacial score (nSPS) is 9.89. The second-order valence-corrected chi connectivity index (χ2v) is 4.13. The number of unbranched alkanes of at least 4 members (excludes halogenated alkanes) is 3. The molecule has 0 aliphatic carbocycles. The summed E-state index contributed by atoms with van der Waals surface area (Å²) in [6.07, 6.45) is 3.61. The van der Waals surface area contributed by atoms with Crippen molar-refractivity contribution in [1.82, 2.24) is 0 Å². The van der Waals surface area contributed by atoms with Gasteiger partial charge in [-0.2, -0.15) is 0 Å². The first-order chi connectivity index (χ1) is 9.19. The lowest BCUT2D eigenvalue weighted by Gasteiger charge is -2.07. The highest BCUT2D eigenvalue weighted by molar-refractivity contribution is 5.68. The Labute approximate surface area is 112 Å². The number of hydrogen-bond donors (Lipinski definition) is 2. The van der Waals surface area contributed by atoms with Crippen molar-refractivity contribution < 1.29 is 10.0 Å². The van der Waals surface area contributed by atoms with Crippen LogP contribution in [0.15, 0.2) is 18.2 Å². The van der Waals surface area contributed by atoms with E-state index in [0.29, 0.717) is 12.2 Å². The zero-order valence-corrected chi connectivity index (χ0v) is 10.6. The minimum absolute atomic E-state index is 0.0659. The number of nitro groups is 1. The quantitative estimate of drug-likeness (QED) is 0.327. The molecule has 1 rings (SSSR count). The third kappa shape index (κ3) is 4.94. The Morgan fingerprint density at radius 3 is 2.68 bits per heavy atom. The van der Waals surface area contributed by atoms with Gasteiger partial charge in [-0.25, -0.2) is 4.85 Å². The monoisotopic (exact) mass is 263 g/mol. The first kappa shape index (κ1) is 14.9. The summed E-state index contributed by atoms with van der Waals surface area (Å²) < 4.78 is 0. The Balaban J connectivity index is 2.53. The highest BCUT2D eigenvalue weighted by Crippen LogP contribution is 2.29. The third-order valence-corrected chi connectivity index (χ3v) is 2.71. The van der Waals surface area contributed by atoms with Crippen molar-refractivity contribution in [2.75, 3.05) is 18.5 Å². The predicted molar refractivity (Wildman–Crippen MR) is 73.4 cm³/mol. The standard InChI is InChI=1S/C13H17N3O3/c1-14-11-6-7-12(13(10-11)16(18)19)15-8-4-2-3-5-9-17/h6-7,10,15,17H,2-5,8-9H2. The number of rotatable bonds is 8. The second-order valence-electron chi connectivity index (χ2n) is 4.13. The van der Waals surface area contributed by atoms with Gasteiger partial charge in [-0.3, -0.25) is 10.1 Å². The number of nitrogens with zero attached hydrogens (tertiary/aromatic N) is 2. The number of benzene rings is 1. The number of nitrogens with one attached hydrogen (secondary N) is 1. The number of anilines is 1. The van der Waals surface area contributed by atoms with Gasteiger partial charge in [-0.05, 0) is 18.9 Å². The average molecular weight is 263 g/mol. The van der Waals surface area contributed by atoms with Crippen LogP contribution >= 0.6 is 0 Å². The summed E-state index contributed by atoms with van der Waals surface area (Å²) >= 11 is 0. The van der Waals surface area contributed by atoms with Crippen molar-refractivity contribution in [3.63, 3.8) is 0 Å².